The standard InChI is InChI=1S/C29H35NO2/c1-6-8-26(22-11-15-24(31)16-12-22)28-10-7-9-27(29(28)21(2)3)23-13-17-25(18-14-23)32-20-19-30(4)5/h7-18,21,31H,6,19-20H2,1-5H3/b26-8-. The van der Waals surface area contributed by atoms with Gasteiger partial charge in [0.1, 0.15) is 18.1 Å². The second-order valence-electron chi connectivity index (χ2n) is 8.67. The van der Waals surface area contributed by atoms with E-state index in [1.165, 1.54) is 27.8 Å². The molecule has 0 fully saturated rings. The molecule has 32 heavy (non-hydrogen) atoms. The molecule has 0 aliphatic heterocycles. The van der Waals surface area contributed by atoms with Crippen LogP contribution >= 0.6 is 0 Å². The number of likely N-dealkylation sites (N-methyl/N-ethyl adjacent to an activating group) is 1. The molecular formula is C29H35NO2. The molecule has 0 aliphatic rings. The van der Waals surface area contributed by atoms with E-state index >= 15 is 0 Å². The molecule has 3 heteroatoms. The van der Waals surface area contributed by atoms with E-state index in [0.717, 1.165) is 24.3 Å². The van der Waals surface area contributed by atoms with Crippen molar-refractivity contribution < 1.29 is 9.84 Å². The lowest BCUT2D eigenvalue weighted by molar-refractivity contribution is 0.261. The molecule has 3 nitrogen and oxygen atoms in total. The van der Waals surface area contributed by atoms with Gasteiger partial charge in [-0.1, -0.05) is 69.3 Å². The van der Waals surface area contributed by atoms with Gasteiger partial charge in [0.25, 0.3) is 0 Å². The van der Waals surface area contributed by atoms with E-state index in [-0.39, 0.29) is 5.75 Å². The van der Waals surface area contributed by atoms with Crippen molar-refractivity contribution in [3.63, 3.8) is 0 Å². The number of phenols is 1. The monoisotopic (exact) mass is 429 g/mol. The molecule has 0 unspecified atom stereocenters. The lowest BCUT2D eigenvalue weighted by Crippen LogP contribution is -2.19. The summed E-state index contributed by atoms with van der Waals surface area (Å²) in [6.07, 6.45) is 3.22. The Bertz CT molecular complexity index is 1030. The minimum absolute atomic E-state index is 0.287. The second kappa shape index (κ2) is 11.0. The lowest BCUT2D eigenvalue weighted by Gasteiger charge is -2.21. The van der Waals surface area contributed by atoms with E-state index in [1.54, 1.807) is 12.1 Å². The van der Waals surface area contributed by atoms with Gasteiger partial charge in [-0.15, -0.1) is 0 Å². The summed E-state index contributed by atoms with van der Waals surface area (Å²) >= 11 is 0. The average molecular weight is 430 g/mol. The third-order valence-corrected chi connectivity index (χ3v) is 5.53. The Morgan fingerprint density at radius 3 is 2.25 bits per heavy atom. The summed E-state index contributed by atoms with van der Waals surface area (Å²) in [6.45, 7) is 8.24. The van der Waals surface area contributed by atoms with E-state index in [0.29, 0.717) is 12.5 Å². The Kier molecular flexibility index (Phi) is 8.13. The number of benzene rings is 3. The normalized spacial score (nSPS) is 11.9. The Balaban J connectivity index is 2.01. The van der Waals surface area contributed by atoms with Crippen molar-refractivity contribution in [2.75, 3.05) is 27.2 Å². The highest BCUT2D eigenvalue weighted by atomic mass is 16.5. The molecule has 168 valence electrons. The summed E-state index contributed by atoms with van der Waals surface area (Å²) in [5.74, 6) is 1.54. The molecule has 0 bridgehead atoms. The van der Waals surface area contributed by atoms with Crippen LogP contribution in [0.4, 0.5) is 0 Å². The van der Waals surface area contributed by atoms with Crippen molar-refractivity contribution in [3.05, 3.63) is 89.5 Å². The Labute approximate surface area is 193 Å². The third kappa shape index (κ3) is 5.80. The second-order valence-corrected chi connectivity index (χ2v) is 8.67. The SMILES string of the molecule is CC/C=C(/c1ccc(O)cc1)c1cccc(-c2ccc(OCCN(C)C)cc2)c1C(C)C. The lowest BCUT2D eigenvalue weighted by atomic mass is 9.83. The van der Waals surface area contributed by atoms with Crippen LogP contribution in [0.5, 0.6) is 11.5 Å². The maximum Gasteiger partial charge on any atom is 0.119 e. The van der Waals surface area contributed by atoms with Gasteiger partial charge in [-0.3, -0.25) is 0 Å². The zero-order valence-corrected chi connectivity index (χ0v) is 19.9. The molecule has 0 saturated heterocycles. The van der Waals surface area contributed by atoms with Crippen LogP contribution in [0.3, 0.4) is 0 Å². The number of rotatable bonds is 9. The highest BCUT2D eigenvalue weighted by Gasteiger charge is 2.17. The third-order valence-electron chi connectivity index (χ3n) is 5.53. The zero-order chi connectivity index (χ0) is 23.1. The molecule has 3 aromatic rings. The molecule has 3 aromatic carbocycles. The van der Waals surface area contributed by atoms with E-state index < -0.39 is 0 Å². The molecule has 3 rings (SSSR count). The number of ether oxygens (including phenoxy) is 1. The zero-order valence-electron chi connectivity index (χ0n) is 19.9. The summed E-state index contributed by atoms with van der Waals surface area (Å²) in [7, 11) is 4.10. The van der Waals surface area contributed by atoms with Crippen LogP contribution in [0.25, 0.3) is 16.7 Å². The van der Waals surface area contributed by atoms with Crippen LogP contribution in [0.2, 0.25) is 0 Å². The summed E-state index contributed by atoms with van der Waals surface area (Å²) in [4.78, 5) is 2.12. The van der Waals surface area contributed by atoms with Gasteiger partial charge in [-0.05, 0) is 84.1 Å². The quantitative estimate of drug-likeness (QED) is 0.399. The number of aromatic hydroxyl groups is 1. The van der Waals surface area contributed by atoms with Gasteiger partial charge in [0, 0.05) is 6.54 Å². The number of phenolic OH excluding ortho intramolecular Hbond substituents is 1. The highest BCUT2D eigenvalue weighted by Crippen LogP contribution is 2.38. The molecule has 0 amide bonds. The average Bonchev–Trinajstić information content (AvgIpc) is 2.78. The maximum absolute atomic E-state index is 9.75. The first-order valence-corrected chi connectivity index (χ1v) is 11.4. The Morgan fingerprint density at radius 1 is 0.969 bits per heavy atom. The summed E-state index contributed by atoms with van der Waals surface area (Å²) in [5.41, 5.74) is 7.35. The summed E-state index contributed by atoms with van der Waals surface area (Å²) in [5, 5.41) is 9.75. The van der Waals surface area contributed by atoms with Gasteiger partial charge in [0.05, 0.1) is 0 Å². The van der Waals surface area contributed by atoms with Crippen LogP contribution < -0.4 is 4.74 Å². The van der Waals surface area contributed by atoms with Crippen LogP contribution in [0, 0.1) is 0 Å². The topological polar surface area (TPSA) is 32.7 Å². The maximum atomic E-state index is 9.75. The van der Waals surface area contributed by atoms with E-state index in [9.17, 15) is 5.11 Å². The first-order chi connectivity index (χ1) is 15.4. The van der Waals surface area contributed by atoms with Crippen LogP contribution in [-0.2, 0) is 0 Å². The minimum Gasteiger partial charge on any atom is -0.508 e. The van der Waals surface area contributed by atoms with Gasteiger partial charge >= 0.3 is 0 Å². The van der Waals surface area contributed by atoms with E-state index in [4.69, 9.17) is 4.74 Å². The fraction of sp³-hybridized carbons (Fsp3) is 0.310. The van der Waals surface area contributed by atoms with Crippen LogP contribution in [-0.4, -0.2) is 37.3 Å². The predicted octanol–water partition coefficient (Wildman–Crippen LogP) is 6.96. The molecule has 0 radical (unpaired) electrons. The summed E-state index contributed by atoms with van der Waals surface area (Å²) < 4.78 is 5.88. The Hall–Kier alpha value is -3.04. The van der Waals surface area contributed by atoms with Gasteiger partial charge in [0.15, 0.2) is 0 Å². The Morgan fingerprint density at radius 2 is 1.66 bits per heavy atom. The van der Waals surface area contributed by atoms with E-state index in [2.05, 4.69) is 74.2 Å². The van der Waals surface area contributed by atoms with Gasteiger partial charge in [-0.2, -0.15) is 0 Å². The van der Waals surface area contributed by atoms with Gasteiger partial charge < -0.3 is 14.7 Å². The first-order valence-electron chi connectivity index (χ1n) is 11.4. The van der Waals surface area contributed by atoms with Gasteiger partial charge in [0.2, 0.25) is 0 Å². The molecule has 0 heterocycles. The van der Waals surface area contributed by atoms with Crippen molar-refractivity contribution in [2.45, 2.75) is 33.1 Å². The van der Waals surface area contributed by atoms with Crippen molar-refractivity contribution >= 4 is 5.57 Å². The van der Waals surface area contributed by atoms with Crippen LogP contribution in [0.1, 0.15) is 49.8 Å². The predicted molar refractivity (Wildman–Crippen MR) is 135 cm³/mol. The van der Waals surface area contributed by atoms with Gasteiger partial charge in [-0.25, -0.2) is 0 Å². The van der Waals surface area contributed by atoms with Crippen molar-refractivity contribution in [3.8, 4) is 22.6 Å². The number of allylic oxidation sites excluding steroid dienone is 1. The van der Waals surface area contributed by atoms with E-state index in [1.807, 2.05) is 26.2 Å². The number of nitrogens with zero attached hydrogens (tertiary/aromatic N) is 1. The fourth-order valence-corrected chi connectivity index (χ4v) is 3.98. The van der Waals surface area contributed by atoms with Crippen LogP contribution in [0.15, 0.2) is 72.8 Å². The fourth-order valence-electron chi connectivity index (χ4n) is 3.98. The minimum atomic E-state index is 0.287. The van der Waals surface area contributed by atoms with Crippen molar-refractivity contribution in [2.24, 2.45) is 0 Å². The molecular weight excluding hydrogens is 394 g/mol. The molecule has 0 saturated carbocycles. The number of hydrogen-bond acceptors (Lipinski definition) is 3. The van der Waals surface area contributed by atoms with Crippen molar-refractivity contribution in [1.29, 1.82) is 0 Å². The summed E-state index contributed by atoms with van der Waals surface area (Å²) in [6, 6.07) is 22.5. The molecule has 0 aromatic heterocycles. The molecule has 1 N–H and O–H groups in total. The van der Waals surface area contributed by atoms with Crippen molar-refractivity contribution in [1.82, 2.24) is 4.90 Å². The highest BCUT2D eigenvalue weighted by molar-refractivity contribution is 5.85. The number of hydrogen-bond donors (Lipinski definition) is 1. The largest absolute Gasteiger partial charge is 0.508 e. The smallest absolute Gasteiger partial charge is 0.119 e. The first kappa shape index (κ1) is 23.6. The molecule has 0 atom stereocenters. The molecule has 0 spiro atoms. The molecule has 0 aliphatic carbocycles.